The number of hydrogen-bond donors (Lipinski definition) is 2. The van der Waals surface area contributed by atoms with Crippen LogP contribution in [0.25, 0.3) is 0 Å². The zero-order valence-electron chi connectivity index (χ0n) is 8.64. The topological polar surface area (TPSA) is 63.3 Å². The highest BCUT2D eigenvalue weighted by molar-refractivity contribution is 5.85. The van der Waals surface area contributed by atoms with Crippen molar-refractivity contribution in [1.82, 2.24) is 0 Å². The van der Waals surface area contributed by atoms with Gasteiger partial charge in [0.25, 0.3) is 0 Å². The zero-order valence-corrected chi connectivity index (χ0v) is 9.46. The molecule has 0 bridgehead atoms. The minimum Gasteiger partial charge on any atom is -0.481 e. The molecule has 0 aromatic heterocycles. The van der Waals surface area contributed by atoms with Crippen LogP contribution in [-0.4, -0.2) is 17.6 Å². The Bertz CT molecular complexity index is 328. The maximum atomic E-state index is 10.7. The molecule has 1 unspecified atom stereocenters. The summed E-state index contributed by atoms with van der Waals surface area (Å²) in [6, 6.07) is 7.84. The third-order valence-electron chi connectivity index (χ3n) is 2.20. The molecule has 3 nitrogen and oxygen atoms in total. The van der Waals surface area contributed by atoms with Crippen molar-refractivity contribution in [3.05, 3.63) is 35.4 Å². The first-order chi connectivity index (χ1) is 6.63. The van der Waals surface area contributed by atoms with Crippen molar-refractivity contribution >= 4 is 18.4 Å². The van der Waals surface area contributed by atoms with Crippen LogP contribution >= 0.6 is 12.4 Å². The highest BCUT2D eigenvalue weighted by atomic mass is 35.5. The standard InChI is InChI=1S/C11H15NO2.ClH/c1-8-3-2-4-9(5-8)6-10(7-12)11(13)14;/h2-5,10H,6-7,12H2,1H3,(H,13,14);1H. The first-order valence-electron chi connectivity index (χ1n) is 4.62. The van der Waals surface area contributed by atoms with Crippen molar-refractivity contribution in [2.24, 2.45) is 11.7 Å². The molecule has 84 valence electrons. The second-order valence-corrected chi connectivity index (χ2v) is 3.46. The molecule has 3 N–H and O–H groups in total. The molecule has 0 amide bonds. The molecule has 1 atom stereocenters. The van der Waals surface area contributed by atoms with E-state index in [2.05, 4.69) is 0 Å². The minimum absolute atomic E-state index is 0. The van der Waals surface area contributed by atoms with Gasteiger partial charge in [-0.1, -0.05) is 29.8 Å². The molecule has 0 aliphatic carbocycles. The summed E-state index contributed by atoms with van der Waals surface area (Å²) in [5, 5.41) is 8.82. The lowest BCUT2D eigenvalue weighted by Gasteiger charge is -2.09. The fourth-order valence-corrected chi connectivity index (χ4v) is 1.40. The minimum atomic E-state index is -0.825. The molecule has 0 aliphatic heterocycles. The summed E-state index contributed by atoms with van der Waals surface area (Å²) in [6.07, 6.45) is 0.507. The second kappa shape index (κ2) is 6.43. The predicted molar refractivity (Wildman–Crippen MR) is 62.3 cm³/mol. The summed E-state index contributed by atoms with van der Waals surface area (Å²) < 4.78 is 0. The summed E-state index contributed by atoms with van der Waals surface area (Å²) in [5.74, 6) is -1.30. The molecular weight excluding hydrogens is 214 g/mol. The van der Waals surface area contributed by atoms with E-state index in [4.69, 9.17) is 10.8 Å². The monoisotopic (exact) mass is 229 g/mol. The van der Waals surface area contributed by atoms with E-state index in [1.54, 1.807) is 0 Å². The van der Waals surface area contributed by atoms with Gasteiger partial charge in [0.2, 0.25) is 0 Å². The molecule has 15 heavy (non-hydrogen) atoms. The Kier molecular flexibility index (Phi) is 5.97. The maximum absolute atomic E-state index is 10.7. The van der Waals surface area contributed by atoms with Crippen molar-refractivity contribution < 1.29 is 9.90 Å². The van der Waals surface area contributed by atoms with Crippen LogP contribution in [0.4, 0.5) is 0 Å². The summed E-state index contributed by atoms with van der Waals surface area (Å²) >= 11 is 0. The molecule has 1 aromatic rings. The van der Waals surface area contributed by atoms with E-state index in [-0.39, 0.29) is 19.0 Å². The van der Waals surface area contributed by atoms with Gasteiger partial charge in [-0.05, 0) is 18.9 Å². The van der Waals surface area contributed by atoms with E-state index in [0.29, 0.717) is 6.42 Å². The number of rotatable bonds is 4. The van der Waals surface area contributed by atoms with E-state index in [1.807, 2.05) is 31.2 Å². The lowest BCUT2D eigenvalue weighted by molar-refractivity contribution is -0.141. The van der Waals surface area contributed by atoms with E-state index < -0.39 is 11.9 Å². The van der Waals surface area contributed by atoms with E-state index >= 15 is 0 Å². The van der Waals surface area contributed by atoms with Gasteiger partial charge in [-0.2, -0.15) is 0 Å². The summed E-state index contributed by atoms with van der Waals surface area (Å²) in [6.45, 7) is 2.17. The molecule has 0 saturated heterocycles. The molecule has 1 rings (SSSR count). The number of hydrogen-bond acceptors (Lipinski definition) is 2. The Morgan fingerprint density at radius 3 is 2.67 bits per heavy atom. The summed E-state index contributed by atoms with van der Waals surface area (Å²) in [7, 11) is 0. The molecule has 0 spiro atoms. The molecule has 0 saturated carbocycles. The lowest BCUT2D eigenvalue weighted by Crippen LogP contribution is -2.25. The molecule has 1 aromatic carbocycles. The average Bonchev–Trinajstić information content (AvgIpc) is 2.14. The van der Waals surface area contributed by atoms with Crippen LogP contribution in [0.15, 0.2) is 24.3 Å². The number of carboxylic acid groups (broad SMARTS) is 1. The third kappa shape index (κ3) is 4.32. The number of nitrogens with two attached hydrogens (primary N) is 1. The van der Waals surface area contributed by atoms with E-state index in [9.17, 15) is 4.79 Å². The zero-order chi connectivity index (χ0) is 10.6. The number of carbonyl (C=O) groups is 1. The van der Waals surface area contributed by atoms with Gasteiger partial charge >= 0.3 is 5.97 Å². The van der Waals surface area contributed by atoms with Crippen LogP contribution in [-0.2, 0) is 11.2 Å². The fourth-order valence-electron chi connectivity index (χ4n) is 1.40. The first-order valence-corrected chi connectivity index (χ1v) is 4.62. The van der Waals surface area contributed by atoms with Crippen molar-refractivity contribution in [2.75, 3.05) is 6.54 Å². The Morgan fingerprint density at radius 2 is 2.20 bits per heavy atom. The SMILES string of the molecule is Cc1cccc(CC(CN)C(=O)O)c1.Cl. The molecule has 0 radical (unpaired) electrons. The fraction of sp³-hybridized carbons (Fsp3) is 0.364. The Balaban J connectivity index is 0.00000196. The van der Waals surface area contributed by atoms with Gasteiger partial charge < -0.3 is 10.8 Å². The van der Waals surface area contributed by atoms with Gasteiger partial charge in [0.1, 0.15) is 0 Å². The molecule has 0 fully saturated rings. The largest absolute Gasteiger partial charge is 0.481 e. The number of benzene rings is 1. The van der Waals surface area contributed by atoms with Gasteiger partial charge in [0.05, 0.1) is 5.92 Å². The summed E-state index contributed by atoms with van der Waals surface area (Å²) in [4.78, 5) is 10.7. The van der Waals surface area contributed by atoms with Crippen LogP contribution in [0, 0.1) is 12.8 Å². The number of halogens is 1. The number of aliphatic carboxylic acids is 1. The Hall–Kier alpha value is -1.06. The Labute approximate surface area is 95.7 Å². The van der Waals surface area contributed by atoms with E-state index in [0.717, 1.165) is 11.1 Å². The number of carboxylic acids is 1. The third-order valence-corrected chi connectivity index (χ3v) is 2.20. The highest BCUT2D eigenvalue weighted by Gasteiger charge is 2.15. The van der Waals surface area contributed by atoms with Crippen LogP contribution in [0.1, 0.15) is 11.1 Å². The highest BCUT2D eigenvalue weighted by Crippen LogP contribution is 2.10. The lowest BCUT2D eigenvalue weighted by atomic mass is 9.98. The van der Waals surface area contributed by atoms with Crippen LogP contribution in [0.2, 0.25) is 0 Å². The van der Waals surface area contributed by atoms with Crippen molar-refractivity contribution in [3.63, 3.8) is 0 Å². The van der Waals surface area contributed by atoms with Crippen LogP contribution in [0.5, 0.6) is 0 Å². The normalized spacial score (nSPS) is 11.6. The molecule has 0 aliphatic rings. The number of aryl methyl sites for hydroxylation is 1. The van der Waals surface area contributed by atoms with Crippen molar-refractivity contribution in [3.8, 4) is 0 Å². The quantitative estimate of drug-likeness (QED) is 0.825. The molecule has 4 heteroatoms. The van der Waals surface area contributed by atoms with Gasteiger partial charge in [-0.25, -0.2) is 0 Å². The van der Waals surface area contributed by atoms with Crippen LogP contribution in [0.3, 0.4) is 0 Å². The maximum Gasteiger partial charge on any atom is 0.308 e. The Morgan fingerprint density at radius 1 is 1.53 bits per heavy atom. The van der Waals surface area contributed by atoms with Crippen molar-refractivity contribution in [2.45, 2.75) is 13.3 Å². The molecular formula is C11H16ClNO2. The van der Waals surface area contributed by atoms with Gasteiger partial charge in [0.15, 0.2) is 0 Å². The van der Waals surface area contributed by atoms with Gasteiger partial charge in [0, 0.05) is 6.54 Å². The van der Waals surface area contributed by atoms with Crippen LogP contribution < -0.4 is 5.73 Å². The van der Waals surface area contributed by atoms with Gasteiger partial charge in [-0.15, -0.1) is 12.4 Å². The summed E-state index contributed by atoms with van der Waals surface area (Å²) in [5.41, 5.74) is 7.55. The molecule has 0 heterocycles. The van der Waals surface area contributed by atoms with Crippen molar-refractivity contribution in [1.29, 1.82) is 0 Å². The average molecular weight is 230 g/mol. The predicted octanol–water partition coefficient (Wildman–Crippen LogP) is 1.62. The van der Waals surface area contributed by atoms with Gasteiger partial charge in [-0.3, -0.25) is 4.79 Å². The second-order valence-electron chi connectivity index (χ2n) is 3.46. The smallest absolute Gasteiger partial charge is 0.308 e. The van der Waals surface area contributed by atoms with E-state index in [1.165, 1.54) is 0 Å². The first kappa shape index (κ1) is 13.9.